The summed E-state index contributed by atoms with van der Waals surface area (Å²) < 4.78 is 11.0. The molecule has 0 spiro atoms. The Bertz CT molecular complexity index is 1100. The number of benzene rings is 1. The van der Waals surface area contributed by atoms with Crippen LogP contribution in [-0.4, -0.2) is 84.2 Å². The predicted octanol–water partition coefficient (Wildman–Crippen LogP) is 0.695. The quantitative estimate of drug-likeness (QED) is 0.156. The van der Waals surface area contributed by atoms with Gasteiger partial charge >= 0.3 is 12.1 Å². The molecule has 0 saturated heterocycles. The molecular formula is C29H45N5O9. The largest absolute Gasteiger partial charge is 0.480 e. The highest BCUT2D eigenvalue weighted by Gasteiger charge is 2.33. The van der Waals surface area contributed by atoms with Crippen LogP contribution in [0, 0.1) is 11.8 Å². The number of carboxylic acid groups (broad SMARTS) is 1. The Morgan fingerprint density at radius 1 is 0.767 bits per heavy atom. The van der Waals surface area contributed by atoms with Crippen LogP contribution in [-0.2, 0) is 40.1 Å². The molecule has 0 fully saturated rings. The Morgan fingerprint density at radius 2 is 1.33 bits per heavy atom. The van der Waals surface area contributed by atoms with Gasteiger partial charge in [0.1, 0.15) is 30.3 Å². The van der Waals surface area contributed by atoms with Crippen molar-refractivity contribution < 1.29 is 43.3 Å². The molecule has 14 heteroatoms. The molecular weight excluding hydrogens is 562 g/mol. The summed E-state index contributed by atoms with van der Waals surface area (Å²) in [5, 5.41) is 20.9. The van der Waals surface area contributed by atoms with E-state index in [0.29, 0.717) is 0 Å². The van der Waals surface area contributed by atoms with E-state index in [1.807, 2.05) is 30.3 Å². The topological polar surface area (TPSA) is 201 Å². The van der Waals surface area contributed by atoms with E-state index in [2.05, 4.69) is 26.6 Å². The minimum absolute atomic E-state index is 0.175. The van der Waals surface area contributed by atoms with Gasteiger partial charge in [0.05, 0.1) is 19.8 Å². The van der Waals surface area contributed by atoms with Crippen LogP contribution in [0.2, 0.25) is 0 Å². The van der Waals surface area contributed by atoms with E-state index >= 15 is 0 Å². The number of carboxylic acids is 1. The zero-order valence-corrected chi connectivity index (χ0v) is 25.8. The molecule has 14 nitrogen and oxygen atoms in total. The minimum atomic E-state index is -1.24. The molecule has 0 aliphatic heterocycles. The summed E-state index contributed by atoms with van der Waals surface area (Å²) >= 11 is 0. The first-order valence-corrected chi connectivity index (χ1v) is 14.0. The number of alkyl carbamates (subject to hydrolysis) is 1. The molecule has 0 bridgehead atoms. The van der Waals surface area contributed by atoms with E-state index in [0.717, 1.165) is 5.56 Å². The summed E-state index contributed by atoms with van der Waals surface area (Å²) in [5.41, 5.74) is 0.0374. The van der Waals surface area contributed by atoms with Gasteiger partial charge in [-0.2, -0.15) is 0 Å². The average molecular weight is 608 g/mol. The molecule has 6 N–H and O–H groups in total. The molecule has 3 atom stereocenters. The number of hydrogen-bond acceptors (Lipinski definition) is 8. The third-order valence-electron chi connectivity index (χ3n) is 5.76. The van der Waals surface area contributed by atoms with E-state index in [1.54, 1.807) is 48.5 Å². The van der Waals surface area contributed by atoms with Crippen LogP contribution in [0.3, 0.4) is 0 Å². The van der Waals surface area contributed by atoms with Crippen LogP contribution in [0.5, 0.6) is 0 Å². The van der Waals surface area contributed by atoms with E-state index < -0.39 is 84.3 Å². The second kappa shape index (κ2) is 17.7. The summed E-state index contributed by atoms with van der Waals surface area (Å²) in [6.45, 7) is 10.7. The molecule has 0 saturated carbocycles. The van der Waals surface area contributed by atoms with Crippen molar-refractivity contribution in [2.75, 3.05) is 19.7 Å². The third kappa shape index (κ3) is 15.0. The van der Waals surface area contributed by atoms with E-state index in [1.165, 1.54) is 0 Å². The number of carbonyl (C=O) groups is 6. The monoisotopic (exact) mass is 607 g/mol. The Labute approximate surface area is 252 Å². The van der Waals surface area contributed by atoms with Crippen molar-refractivity contribution in [3.05, 3.63) is 35.9 Å². The zero-order valence-electron chi connectivity index (χ0n) is 25.8. The lowest BCUT2D eigenvalue weighted by Crippen LogP contribution is -2.60. The highest BCUT2D eigenvalue weighted by atomic mass is 16.6. The second-order valence-corrected chi connectivity index (χ2v) is 11.5. The van der Waals surface area contributed by atoms with E-state index in [-0.39, 0.29) is 13.2 Å². The van der Waals surface area contributed by atoms with Crippen molar-refractivity contribution in [2.45, 2.75) is 78.8 Å². The average Bonchev–Trinajstić information content (AvgIpc) is 2.90. The lowest BCUT2D eigenvalue weighted by atomic mass is 9.99. The number of nitrogens with one attached hydrogen (secondary N) is 5. The number of aliphatic carboxylic acids is 1. The van der Waals surface area contributed by atoms with Gasteiger partial charge in [-0.05, 0) is 38.2 Å². The van der Waals surface area contributed by atoms with Gasteiger partial charge < -0.3 is 41.2 Å². The second-order valence-electron chi connectivity index (χ2n) is 11.5. The van der Waals surface area contributed by atoms with Gasteiger partial charge in [0.15, 0.2) is 0 Å². The summed E-state index contributed by atoms with van der Waals surface area (Å²) in [5.74, 6) is -4.80. The van der Waals surface area contributed by atoms with Gasteiger partial charge in [-0.1, -0.05) is 58.0 Å². The molecule has 1 aromatic rings. The fourth-order valence-corrected chi connectivity index (χ4v) is 3.58. The zero-order chi connectivity index (χ0) is 32.7. The fraction of sp³-hybridized carbons (Fsp3) is 0.586. The molecule has 0 aliphatic carbocycles. The number of amides is 5. The van der Waals surface area contributed by atoms with Crippen molar-refractivity contribution in [1.82, 2.24) is 26.6 Å². The predicted molar refractivity (Wildman–Crippen MR) is 156 cm³/mol. The first-order valence-electron chi connectivity index (χ1n) is 14.0. The number of carbonyl (C=O) groups excluding carboxylic acids is 5. The van der Waals surface area contributed by atoms with Gasteiger partial charge in [-0.3, -0.25) is 24.0 Å². The summed E-state index contributed by atoms with van der Waals surface area (Å²) in [7, 11) is 0. The van der Waals surface area contributed by atoms with Gasteiger partial charge in [0.2, 0.25) is 23.6 Å². The highest BCUT2D eigenvalue weighted by Crippen LogP contribution is 2.10. The Kier molecular flexibility index (Phi) is 15.1. The first kappa shape index (κ1) is 36.8. The summed E-state index contributed by atoms with van der Waals surface area (Å²) in [6, 6.07) is 5.85. The molecule has 1 aromatic carbocycles. The minimum Gasteiger partial charge on any atom is -0.480 e. The van der Waals surface area contributed by atoms with Crippen LogP contribution in [0.4, 0.5) is 4.79 Å². The van der Waals surface area contributed by atoms with Crippen LogP contribution < -0.4 is 26.6 Å². The van der Waals surface area contributed by atoms with E-state index in [9.17, 15) is 28.8 Å². The number of hydrogen-bond donors (Lipinski definition) is 6. The fourth-order valence-electron chi connectivity index (χ4n) is 3.58. The van der Waals surface area contributed by atoms with Crippen LogP contribution in [0.25, 0.3) is 0 Å². The normalized spacial score (nSPS) is 13.3. The van der Waals surface area contributed by atoms with Crippen molar-refractivity contribution in [3.63, 3.8) is 0 Å². The maximum atomic E-state index is 13.3. The van der Waals surface area contributed by atoms with E-state index in [4.69, 9.17) is 14.6 Å². The van der Waals surface area contributed by atoms with Crippen molar-refractivity contribution in [1.29, 1.82) is 0 Å². The summed E-state index contributed by atoms with van der Waals surface area (Å²) in [6.07, 6.45) is -0.842. The van der Waals surface area contributed by atoms with Crippen LogP contribution >= 0.6 is 0 Å². The van der Waals surface area contributed by atoms with Crippen LogP contribution in [0.1, 0.15) is 54.0 Å². The summed E-state index contributed by atoms with van der Waals surface area (Å²) in [4.78, 5) is 74.3. The molecule has 1 rings (SSSR count). The molecule has 0 unspecified atom stereocenters. The molecule has 0 heterocycles. The smallest absolute Gasteiger partial charge is 0.408 e. The van der Waals surface area contributed by atoms with Crippen molar-refractivity contribution >= 4 is 35.7 Å². The SMILES string of the molecule is CC(C)[C@H](NC(=O)[C@H](COCc1ccccc1)NC(=O)OC(C)(C)C)C(=O)N[C@H](C(=O)NCC(=O)NCC(=O)O)C(C)C. The van der Waals surface area contributed by atoms with Gasteiger partial charge in [0.25, 0.3) is 0 Å². The maximum Gasteiger partial charge on any atom is 0.408 e. The van der Waals surface area contributed by atoms with Crippen LogP contribution in [0.15, 0.2) is 30.3 Å². The molecule has 5 amide bonds. The lowest BCUT2D eigenvalue weighted by molar-refractivity contribution is -0.138. The Morgan fingerprint density at radius 3 is 1.86 bits per heavy atom. The van der Waals surface area contributed by atoms with Gasteiger partial charge in [-0.25, -0.2) is 4.79 Å². The maximum absolute atomic E-state index is 13.3. The standard InChI is InChI=1S/C29H45N5O9/c1-17(2)23(26(39)31-13-21(35)30-14-22(36)37)34-27(40)24(18(3)4)33-25(38)20(32-28(41)43-29(5,6)7)16-42-15-19-11-9-8-10-12-19/h8-12,17-18,20,23-24H,13-16H2,1-7H3,(H,30,35)(H,31,39)(H,32,41)(H,33,38)(H,34,40)(H,36,37)/t20-,23-,24-/m0/s1. The molecule has 0 aliphatic rings. The lowest BCUT2D eigenvalue weighted by Gasteiger charge is -2.28. The highest BCUT2D eigenvalue weighted by molar-refractivity contribution is 5.95. The Balaban J connectivity index is 2.96. The molecule has 43 heavy (non-hydrogen) atoms. The van der Waals surface area contributed by atoms with Crippen molar-refractivity contribution in [2.24, 2.45) is 11.8 Å². The van der Waals surface area contributed by atoms with Gasteiger partial charge in [0, 0.05) is 0 Å². The molecule has 240 valence electrons. The first-order chi connectivity index (χ1) is 20.0. The van der Waals surface area contributed by atoms with Crippen molar-refractivity contribution in [3.8, 4) is 0 Å². The number of ether oxygens (including phenoxy) is 2. The Hall–Kier alpha value is -4.20. The molecule has 0 aromatic heterocycles. The van der Waals surface area contributed by atoms with Gasteiger partial charge in [-0.15, -0.1) is 0 Å². The third-order valence-corrected chi connectivity index (χ3v) is 5.76. The number of rotatable bonds is 16. The molecule has 0 radical (unpaired) electrons.